The maximum absolute atomic E-state index is 10.3. The van der Waals surface area contributed by atoms with Gasteiger partial charge in [-0.15, -0.1) is 0 Å². The fraction of sp³-hybridized carbons (Fsp3) is 0.900. The van der Waals surface area contributed by atoms with Gasteiger partial charge in [-0.05, 0) is 12.8 Å². The third-order valence-electron chi connectivity index (χ3n) is 1.86. The van der Waals surface area contributed by atoms with Gasteiger partial charge in [0, 0.05) is 19.6 Å². The van der Waals surface area contributed by atoms with Crippen molar-refractivity contribution in [3.63, 3.8) is 0 Å². The highest BCUT2D eigenvalue weighted by Gasteiger charge is 1.98. The van der Waals surface area contributed by atoms with Gasteiger partial charge >= 0.3 is 0 Å². The predicted octanol–water partition coefficient (Wildman–Crippen LogP) is 1.65. The summed E-state index contributed by atoms with van der Waals surface area (Å²) >= 11 is 0. The Morgan fingerprint density at radius 2 is 2.00 bits per heavy atom. The van der Waals surface area contributed by atoms with Crippen LogP contribution in [0.2, 0.25) is 0 Å². The van der Waals surface area contributed by atoms with Crippen LogP contribution in [0.1, 0.15) is 26.2 Å². The van der Waals surface area contributed by atoms with Crippen LogP contribution in [0.3, 0.4) is 0 Å². The van der Waals surface area contributed by atoms with E-state index in [0.29, 0.717) is 13.2 Å². The molecular weight excluding hydrogens is 168 g/mol. The molecule has 0 bridgehead atoms. The van der Waals surface area contributed by atoms with Gasteiger partial charge in [-0.3, -0.25) is 0 Å². The Bertz CT molecular complexity index is 115. The third kappa shape index (κ3) is 9.50. The molecule has 0 aliphatic carbocycles. The highest BCUT2D eigenvalue weighted by atomic mass is 16.5. The van der Waals surface area contributed by atoms with E-state index in [1.165, 1.54) is 0 Å². The van der Waals surface area contributed by atoms with E-state index in [0.717, 1.165) is 32.2 Å². The summed E-state index contributed by atoms with van der Waals surface area (Å²) in [5.41, 5.74) is 0. The Balaban J connectivity index is 2.95. The second kappa shape index (κ2) is 9.68. The van der Waals surface area contributed by atoms with Gasteiger partial charge in [-0.1, -0.05) is 13.3 Å². The molecule has 13 heavy (non-hydrogen) atoms. The lowest BCUT2D eigenvalue weighted by Gasteiger charge is -2.04. The first-order valence-electron chi connectivity index (χ1n) is 4.83. The molecule has 1 unspecified atom stereocenters. The number of carbonyl (C=O) groups is 1. The molecule has 0 aromatic carbocycles. The lowest BCUT2D eigenvalue weighted by Crippen LogP contribution is -2.03. The Hall–Kier alpha value is -0.410. The molecular formula is C10H20O3. The van der Waals surface area contributed by atoms with Gasteiger partial charge in [0.25, 0.3) is 0 Å². The summed E-state index contributed by atoms with van der Waals surface area (Å²) in [5, 5.41) is 0. The molecule has 0 aliphatic heterocycles. The Morgan fingerprint density at radius 3 is 2.62 bits per heavy atom. The minimum atomic E-state index is 0.193. The highest BCUT2D eigenvalue weighted by molar-refractivity contribution is 5.52. The molecule has 0 aromatic rings. The summed E-state index contributed by atoms with van der Waals surface area (Å²) < 4.78 is 10.1. The van der Waals surface area contributed by atoms with Crippen LogP contribution in [0.25, 0.3) is 0 Å². The van der Waals surface area contributed by atoms with Crippen LogP contribution in [0, 0.1) is 5.92 Å². The highest BCUT2D eigenvalue weighted by Crippen LogP contribution is 2.04. The van der Waals surface area contributed by atoms with Gasteiger partial charge in [0.1, 0.15) is 6.29 Å². The third-order valence-corrected chi connectivity index (χ3v) is 1.86. The monoisotopic (exact) mass is 188 g/mol. The van der Waals surface area contributed by atoms with E-state index >= 15 is 0 Å². The van der Waals surface area contributed by atoms with Crippen LogP contribution in [0.15, 0.2) is 0 Å². The largest absolute Gasteiger partial charge is 0.382 e. The van der Waals surface area contributed by atoms with Gasteiger partial charge in [-0.25, -0.2) is 0 Å². The van der Waals surface area contributed by atoms with E-state index in [2.05, 4.69) is 0 Å². The summed E-state index contributed by atoms with van der Waals surface area (Å²) in [6.45, 7) is 4.04. The van der Waals surface area contributed by atoms with E-state index in [9.17, 15) is 4.79 Å². The average molecular weight is 188 g/mol. The second-order valence-corrected chi connectivity index (χ2v) is 3.21. The van der Waals surface area contributed by atoms with E-state index in [-0.39, 0.29) is 5.92 Å². The van der Waals surface area contributed by atoms with Crippen molar-refractivity contribution in [2.45, 2.75) is 26.2 Å². The maximum atomic E-state index is 10.3. The molecule has 0 saturated carbocycles. The summed E-state index contributed by atoms with van der Waals surface area (Å²) in [4.78, 5) is 10.3. The predicted molar refractivity (Wildman–Crippen MR) is 51.8 cm³/mol. The molecule has 0 N–H and O–H groups in total. The fourth-order valence-electron chi connectivity index (χ4n) is 0.983. The summed E-state index contributed by atoms with van der Waals surface area (Å²) in [6.07, 6.45) is 4.07. The smallest absolute Gasteiger partial charge is 0.122 e. The second-order valence-electron chi connectivity index (χ2n) is 3.21. The zero-order valence-electron chi connectivity index (χ0n) is 8.62. The van der Waals surface area contributed by atoms with Crippen molar-refractivity contribution in [1.82, 2.24) is 0 Å². The minimum absolute atomic E-state index is 0.193. The minimum Gasteiger partial charge on any atom is -0.382 e. The van der Waals surface area contributed by atoms with Crippen LogP contribution >= 0.6 is 0 Å². The number of rotatable bonds is 9. The number of ether oxygens (including phenoxy) is 2. The van der Waals surface area contributed by atoms with Gasteiger partial charge in [0.15, 0.2) is 0 Å². The van der Waals surface area contributed by atoms with Crippen molar-refractivity contribution in [3.8, 4) is 0 Å². The first-order valence-corrected chi connectivity index (χ1v) is 4.83. The zero-order valence-corrected chi connectivity index (χ0v) is 8.62. The molecule has 3 nitrogen and oxygen atoms in total. The number of hydrogen-bond acceptors (Lipinski definition) is 3. The number of hydrogen-bond donors (Lipinski definition) is 0. The van der Waals surface area contributed by atoms with Crippen molar-refractivity contribution < 1.29 is 14.3 Å². The normalized spacial score (nSPS) is 12.8. The molecule has 0 radical (unpaired) electrons. The molecule has 78 valence electrons. The fourth-order valence-corrected chi connectivity index (χ4v) is 0.983. The van der Waals surface area contributed by atoms with Crippen LogP contribution < -0.4 is 0 Å². The van der Waals surface area contributed by atoms with Crippen LogP contribution in [0.4, 0.5) is 0 Å². The Labute approximate surface area is 80.4 Å². The molecule has 3 heteroatoms. The van der Waals surface area contributed by atoms with Crippen molar-refractivity contribution >= 4 is 6.29 Å². The standard InChI is InChI=1S/C10H20O3/c1-10(9-11)5-3-4-6-13-8-7-12-2/h9-10H,3-8H2,1-2H3. The van der Waals surface area contributed by atoms with Crippen LogP contribution in [0.5, 0.6) is 0 Å². The molecule has 0 aliphatic rings. The molecule has 0 rings (SSSR count). The van der Waals surface area contributed by atoms with E-state index in [4.69, 9.17) is 9.47 Å². The van der Waals surface area contributed by atoms with Gasteiger partial charge in [0.2, 0.25) is 0 Å². The Kier molecular flexibility index (Phi) is 9.37. The van der Waals surface area contributed by atoms with Crippen LogP contribution in [-0.2, 0) is 14.3 Å². The average Bonchev–Trinajstić information content (AvgIpc) is 2.16. The van der Waals surface area contributed by atoms with Crippen molar-refractivity contribution in [2.75, 3.05) is 26.9 Å². The summed E-state index contributed by atoms with van der Waals surface area (Å²) in [6, 6.07) is 0. The maximum Gasteiger partial charge on any atom is 0.122 e. The molecule has 0 amide bonds. The lowest BCUT2D eigenvalue weighted by molar-refractivity contribution is -0.110. The van der Waals surface area contributed by atoms with Gasteiger partial charge in [0.05, 0.1) is 13.2 Å². The van der Waals surface area contributed by atoms with Gasteiger partial charge in [-0.2, -0.15) is 0 Å². The van der Waals surface area contributed by atoms with Crippen LogP contribution in [-0.4, -0.2) is 33.2 Å². The molecule has 0 fully saturated rings. The molecule has 0 saturated heterocycles. The molecule has 0 aromatic heterocycles. The van der Waals surface area contributed by atoms with E-state index in [1.807, 2.05) is 6.92 Å². The zero-order chi connectivity index (χ0) is 9.94. The lowest BCUT2D eigenvalue weighted by atomic mass is 10.1. The van der Waals surface area contributed by atoms with Crippen molar-refractivity contribution in [2.24, 2.45) is 5.92 Å². The SMILES string of the molecule is COCCOCCCCC(C)C=O. The quantitative estimate of drug-likeness (QED) is 0.408. The van der Waals surface area contributed by atoms with Crippen molar-refractivity contribution in [3.05, 3.63) is 0 Å². The summed E-state index contributed by atoms with van der Waals surface area (Å²) in [5.74, 6) is 0.193. The first-order chi connectivity index (χ1) is 6.31. The van der Waals surface area contributed by atoms with E-state index < -0.39 is 0 Å². The van der Waals surface area contributed by atoms with Gasteiger partial charge < -0.3 is 14.3 Å². The Morgan fingerprint density at radius 1 is 1.23 bits per heavy atom. The molecule has 0 heterocycles. The molecule has 1 atom stereocenters. The number of methoxy groups -OCH3 is 1. The van der Waals surface area contributed by atoms with E-state index in [1.54, 1.807) is 7.11 Å². The van der Waals surface area contributed by atoms with Crippen molar-refractivity contribution in [1.29, 1.82) is 0 Å². The first kappa shape index (κ1) is 12.6. The number of carbonyl (C=O) groups excluding carboxylic acids is 1. The number of unbranched alkanes of at least 4 members (excludes halogenated alkanes) is 1. The number of aldehydes is 1. The summed E-state index contributed by atoms with van der Waals surface area (Å²) in [7, 11) is 1.66. The molecule has 0 spiro atoms. The topological polar surface area (TPSA) is 35.5 Å².